The van der Waals surface area contributed by atoms with Gasteiger partial charge in [0.05, 0.1) is 12.5 Å². The molecule has 0 heterocycles. The van der Waals surface area contributed by atoms with Gasteiger partial charge in [0.25, 0.3) is 0 Å². The summed E-state index contributed by atoms with van der Waals surface area (Å²) in [5.41, 5.74) is 5.62. The number of aryl methyl sites for hydroxylation is 2. The highest BCUT2D eigenvalue weighted by Crippen LogP contribution is 2.16. The van der Waals surface area contributed by atoms with Crippen molar-refractivity contribution in [3.63, 3.8) is 0 Å². The molecule has 1 rings (SSSR count). The van der Waals surface area contributed by atoms with E-state index in [0.29, 0.717) is 12.3 Å². The smallest absolute Gasteiger partial charge is 0.314 e. The lowest BCUT2D eigenvalue weighted by Gasteiger charge is -2.10. The maximum atomic E-state index is 12.0. The van der Waals surface area contributed by atoms with Crippen LogP contribution in [0.3, 0.4) is 0 Å². The molecule has 0 radical (unpaired) electrons. The van der Waals surface area contributed by atoms with Crippen LogP contribution in [0.4, 0.5) is 5.69 Å². The molecule has 2 amide bonds. The Bertz CT molecular complexity index is 698. The number of benzene rings is 1. The third-order valence-electron chi connectivity index (χ3n) is 3.86. The molecule has 0 aliphatic rings. The van der Waals surface area contributed by atoms with Gasteiger partial charge in [0, 0.05) is 24.2 Å². The number of nitrogens with one attached hydrogen (secondary N) is 2. The molecule has 1 aromatic rings. The van der Waals surface area contributed by atoms with E-state index in [0.717, 1.165) is 16.8 Å². The first-order valence-corrected chi connectivity index (χ1v) is 8.61. The number of esters is 1. The van der Waals surface area contributed by atoms with Crippen LogP contribution < -0.4 is 10.7 Å². The number of hydrogen-bond donors (Lipinski definition) is 2. The molecule has 0 aromatic heterocycles. The van der Waals surface area contributed by atoms with Gasteiger partial charge < -0.3 is 10.1 Å². The van der Waals surface area contributed by atoms with E-state index < -0.39 is 17.8 Å². The fraction of sp³-hybridized carbons (Fsp3) is 0.474. The number of hydrogen-bond acceptors (Lipinski definition) is 5. The van der Waals surface area contributed by atoms with E-state index in [1.165, 1.54) is 0 Å². The third-order valence-corrected chi connectivity index (χ3v) is 3.86. The normalized spacial score (nSPS) is 12.3. The molecule has 26 heavy (non-hydrogen) atoms. The van der Waals surface area contributed by atoms with Crippen LogP contribution in [0, 0.1) is 19.8 Å². The van der Waals surface area contributed by atoms with Crippen LogP contribution in [-0.2, 0) is 19.1 Å². The zero-order valence-corrected chi connectivity index (χ0v) is 16.0. The third kappa shape index (κ3) is 7.04. The number of nitrogens with zero attached hydrogens (tertiary/aromatic N) is 1. The average Bonchev–Trinajstić information content (AvgIpc) is 2.59. The van der Waals surface area contributed by atoms with Gasteiger partial charge >= 0.3 is 5.97 Å². The van der Waals surface area contributed by atoms with Gasteiger partial charge in [0.15, 0.2) is 0 Å². The maximum Gasteiger partial charge on any atom is 0.314 e. The molecular formula is C19H27N3O4. The van der Waals surface area contributed by atoms with Crippen molar-refractivity contribution in [2.24, 2.45) is 11.0 Å². The lowest BCUT2D eigenvalue weighted by Crippen LogP contribution is -2.26. The van der Waals surface area contributed by atoms with Crippen molar-refractivity contribution in [1.29, 1.82) is 0 Å². The largest absolute Gasteiger partial charge is 0.465 e. The lowest BCUT2D eigenvalue weighted by molar-refractivity contribution is -0.145. The monoisotopic (exact) mass is 361 g/mol. The Morgan fingerprint density at radius 1 is 1.15 bits per heavy atom. The molecular weight excluding hydrogens is 334 g/mol. The summed E-state index contributed by atoms with van der Waals surface area (Å²) in [6.07, 6.45) is 0.0441. The number of carbonyl (C=O) groups excluding carboxylic acids is 3. The standard InChI is InChI=1S/C19H27N3O4/c1-6-26-19(25)14(4)15(5)21-22-18(24)10-9-17(23)20-16-8-7-12(2)11-13(16)3/h7-8,11,14H,6,9-10H2,1-5H3,(H,20,23)(H,22,24)/b21-15+. The second-order valence-electron chi connectivity index (χ2n) is 6.13. The highest BCUT2D eigenvalue weighted by Gasteiger charge is 2.17. The first kappa shape index (κ1) is 21.3. The number of amides is 2. The Kier molecular flexibility index (Phi) is 8.48. The van der Waals surface area contributed by atoms with Crippen LogP contribution in [0.1, 0.15) is 44.7 Å². The van der Waals surface area contributed by atoms with Gasteiger partial charge in [-0.3, -0.25) is 14.4 Å². The number of hydrazone groups is 1. The minimum absolute atomic E-state index is 0.00130. The van der Waals surface area contributed by atoms with Crippen molar-refractivity contribution in [2.45, 2.75) is 47.5 Å². The van der Waals surface area contributed by atoms with Crippen molar-refractivity contribution in [3.8, 4) is 0 Å². The van der Waals surface area contributed by atoms with E-state index in [4.69, 9.17) is 4.74 Å². The summed E-state index contributed by atoms with van der Waals surface area (Å²) >= 11 is 0. The molecule has 1 atom stereocenters. The fourth-order valence-electron chi connectivity index (χ4n) is 2.13. The summed E-state index contributed by atoms with van der Waals surface area (Å²) in [7, 11) is 0. The molecule has 0 fully saturated rings. The van der Waals surface area contributed by atoms with Gasteiger partial charge in [0.2, 0.25) is 11.8 Å². The summed E-state index contributed by atoms with van der Waals surface area (Å²) in [6.45, 7) is 9.20. The number of anilines is 1. The second kappa shape index (κ2) is 10.3. The van der Waals surface area contributed by atoms with Crippen LogP contribution in [-0.4, -0.2) is 30.1 Å². The highest BCUT2D eigenvalue weighted by atomic mass is 16.5. The van der Waals surface area contributed by atoms with Gasteiger partial charge in [-0.25, -0.2) is 5.43 Å². The highest BCUT2D eigenvalue weighted by molar-refractivity contribution is 6.01. The molecule has 142 valence electrons. The van der Waals surface area contributed by atoms with Gasteiger partial charge in [-0.15, -0.1) is 0 Å². The Balaban J connectivity index is 2.44. The Morgan fingerprint density at radius 3 is 2.42 bits per heavy atom. The minimum Gasteiger partial charge on any atom is -0.465 e. The van der Waals surface area contributed by atoms with Crippen molar-refractivity contribution in [3.05, 3.63) is 29.3 Å². The van der Waals surface area contributed by atoms with Gasteiger partial charge in [0.1, 0.15) is 0 Å². The minimum atomic E-state index is -0.539. The SMILES string of the molecule is CCOC(=O)C(C)/C(C)=N/NC(=O)CCC(=O)Nc1ccc(C)cc1C. The van der Waals surface area contributed by atoms with Gasteiger partial charge in [-0.05, 0) is 46.2 Å². The molecule has 1 aromatic carbocycles. The van der Waals surface area contributed by atoms with Crippen LogP contribution in [0.5, 0.6) is 0 Å². The molecule has 2 N–H and O–H groups in total. The molecule has 0 saturated carbocycles. The quantitative estimate of drug-likeness (QED) is 0.423. The predicted octanol–water partition coefficient (Wildman–Crippen LogP) is 2.71. The van der Waals surface area contributed by atoms with Crippen molar-refractivity contribution in [1.82, 2.24) is 5.43 Å². The number of ether oxygens (including phenoxy) is 1. The molecule has 7 heteroatoms. The molecule has 0 bridgehead atoms. The maximum absolute atomic E-state index is 12.0. The fourth-order valence-corrected chi connectivity index (χ4v) is 2.13. The van der Waals surface area contributed by atoms with Crippen LogP contribution >= 0.6 is 0 Å². The van der Waals surface area contributed by atoms with E-state index in [2.05, 4.69) is 15.8 Å². The van der Waals surface area contributed by atoms with Gasteiger partial charge in [-0.1, -0.05) is 17.7 Å². The first-order valence-electron chi connectivity index (χ1n) is 8.61. The Labute approximate surface area is 154 Å². The summed E-state index contributed by atoms with van der Waals surface area (Å²) < 4.78 is 4.90. The van der Waals surface area contributed by atoms with Crippen molar-refractivity contribution < 1.29 is 19.1 Å². The average molecular weight is 361 g/mol. The molecule has 0 saturated heterocycles. The zero-order valence-electron chi connectivity index (χ0n) is 16.0. The topological polar surface area (TPSA) is 96.9 Å². The van der Waals surface area contributed by atoms with Crippen molar-refractivity contribution in [2.75, 3.05) is 11.9 Å². The summed E-state index contributed by atoms with van der Waals surface area (Å²) in [6, 6.07) is 5.73. The Morgan fingerprint density at radius 2 is 1.81 bits per heavy atom. The Hall–Kier alpha value is -2.70. The molecule has 7 nitrogen and oxygen atoms in total. The van der Waals surface area contributed by atoms with E-state index in [1.54, 1.807) is 20.8 Å². The first-order chi connectivity index (χ1) is 12.2. The summed E-state index contributed by atoms with van der Waals surface area (Å²) in [5.74, 6) is -1.57. The van der Waals surface area contributed by atoms with E-state index >= 15 is 0 Å². The number of rotatable bonds is 8. The molecule has 0 aliphatic carbocycles. The summed E-state index contributed by atoms with van der Waals surface area (Å²) in [4.78, 5) is 35.4. The van der Waals surface area contributed by atoms with E-state index in [9.17, 15) is 14.4 Å². The molecule has 1 unspecified atom stereocenters. The lowest BCUT2D eigenvalue weighted by atomic mass is 10.1. The van der Waals surface area contributed by atoms with Crippen LogP contribution in [0.25, 0.3) is 0 Å². The molecule has 0 aliphatic heterocycles. The number of carbonyl (C=O) groups is 3. The molecule has 0 spiro atoms. The van der Waals surface area contributed by atoms with Gasteiger partial charge in [-0.2, -0.15) is 5.10 Å². The van der Waals surface area contributed by atoms with Crippen LogP contribution in [0.15, 0.2) is 23.3 Å². The van der Waals surface area contributed by atoms with Crippen molar-refractivity contribution >= 4 is 29.2 Å². The van der Waals surface area contributed by atoms with Crippen LogP contribution in [0.2, 0.25) is 0 Å². The zero-order chi connectivity index (χ0) is 19.7. The van der Waals surface area contributed by atoms with E-state index in [1.807, 2.05) is 32.0 Å². The van der Waals surface area contributed by atoms with E-state index in [-0.39, 0.29) is 18.7 Å². The summed E-state index contributed by atoms with van der Waals surface area (Å²) in [5, 5.41) is 6.69. The second-order valence-corrected chi connectivity index (χ2v) is 6.13. The predicted molar refractivity (Wildman–Crippen MR) is 101 cm³/mol.